The number of thiophene rings is 1. The lowest BCUT2D eigenvalue weighted by atomic mass is 9.80. The van der Waals surface area contributed by atoms with Gasteiger partial charge in [-0.3, -0.25) is 4.90 Å². The molecule has 2 heterocycles. The molecule has 3 aromatic rings. The predicted octanol–water partition coefficient (Wildman–Crippen LogP) is 3.58. The molecular formula is C18H17NOS. The zero-order valence-electron chi connectivity index (χ0n) is 11.9. The number of likely N-dealkylation sites (N-methyl/N-ethyl adjacent to an activating group) is 1. The van der Waals surface area contributed by atoms with Gasteiger partial charge < -0.3 is 5.11 Å². The van der Waals surface area contributed by atoms with E-state index in [1.807, 2.05) is 12.1 Å². The molecule has 1 unspecified atom stereocenters. The highest BCUT2D eigenvalue weighted by Crippen LogP contribution is 2.38. The molecule has 1 aromatic heterocycles. The molecule has 1 N–H and O–H groups in total. The predicted molar refractivity (Wildman–Crippen MR) is 87.6 cm³/mol. The first kappa shape index (κ1) is 13.0. The fraction of sp³-hybridized carbons (Fsp3) is 0.222. The lowest BCUT2D eigenvalue weighted by molar-refractivity contribution is 0.0284. The van der Waals surface area contributed by atoms with E-state index in [1.54, 1.807) is 11.3 Å². The number of fused-ring (bicyclic) bond motifs is 2. The summed E-state index contributed by atoms with van der Waals surface area (Å²) < 4.78 is 1.23. The summed E-state index contributed by atoms with van der Waals surface area (Å²) in [6, 6.07) is 16.6. The first-order valence-electron chi connectivity index (χ1n) is 7.14. The van der Waals surface area contributed by atoms with E-state index in [2.05, 4.69) is 53.7 Å². The van der Waals surface area contributed by atoms with Gasteiger partial charge in [-0.05, 0) is 46.6 Å². The number of nitrogens with zero attached hydrogens (tertiary/aromatic N) is 1. The van der Waals surface area contributed by atoms with Gasteiger partial charge in [0.05, 0.1) is 0 Å². The average molecular weight is 295 g/mol. The van der Waals surface area contributed by atoms with Crippen LogP contribution in [0.25, 0.3) is 10.1 Å². The van der Waals surface area contributed by atoms with Crippen molar-refractivity contribution in [2.24, 2.45) is 0 Å². The van der Waals surface area contributed by atoms with Gasteiger partial charge in [0.15, 0.2) is 0 Å². The fourth-order valence-corrected chi connectivity index (χ4v) is 4.17. The second-order valence-electron chi connectivity index (χ2n) is 5.86. The van der Waals surface area contributed by atoms with E-state index >= 15 is 0 Å². The third-order valence-electron chi connectivity index (χ3n) is 4.34. The zero-order valence-corrected chi connectivity index (χ0v) is 12.7. The van der Waals surface area contributed by atoms with Gasteiger partial charge in [0.2, 0.25) is 0 Å². The van der Waals surface area contributed by atoms with Crippen LogP contribution >= 0.6 is 11.3 Å². The van der Waals surface area contributed by atoms with Gasteiger partial charge in [0.25, 0.3) is 0 Å². The summed E-state index contributed by atoms with van der Waals surface area (Å²) in [6.07, 6.45) is 0. The van der Waals surface area contributed by atoms with Gasteiger partial charge in [-0.25, -0.2) is 0 Å². The van der Waals surface area contributed by atoms with Crippen molar-refractivity contribution in [2.45, 2.75) is 12.1 Å². The smallest absolute Gasteiger partial charge is 0.128 e. The third-order valence-corrected chi connectivity index (χ3v) is 5.22. The molecule has 106 valence electrons. The monoisotopic (exact) mass is 295 g/mol. The Kier molecular flexibility index (Phi) is 2.89. The van der Waals surface area contributed by atoms with E-state index in [1.165, 1.54) is 15.6 Å². The summed E-state index contributed by atoms with van der Waals surface area (Å²) in [5, 5.41) is 14.8. The second-order valence-corrected chi connectivity index (χ2v) is 6.81. The summed E-state index contributed by atoms with van der Waals surface area (Å²) in [4.78, 5) is 2.18. The minimum absolute atomic E-state index is 0.626. The molecule has 1 atom stereocenters. The van der Waals surface area contributed by atoms with Crippen LogP contribution in [-0.4, -0.2) is 23.6 Å². The third kappa shape index (κ3) is 2.01. The molecule has 1 aliphatic heterocycles. The van der Waals surface area contributed by atoms with Crippen LogP contribution < -0.4 is 0 Å². The SMILES string of the molecule is CN1Cc2ccccc2C(O)(c2ccc3ccsc3c2)C1. The van der Waals surface area contributed by atoms with Crippen LogP contribution in [0.15, 0.2) is 53.9 Å². The lowest BCUT2D eigenvalue weighted by Gasteiger charge is -2.39. The molecule has 0 amide bonds. The first-order valence-corrected chi connectivity index (χ1v) is 8.02. The molecule has 2 nitrogen and oxygen atoms in total. The van der Waals surface area contributed by atoms with Gasteiger partial charge in [-0.15, -0.1) is 11.3 Å². The van der Waals surface area contributed by atoms with E-state index in [-0.39, 0.29) is 0 Å². The number of β-amino-alcohol motifs (C(OH)–C–C–N with tert-alkyl or cyclic N) is 1. The maximum absolute atomic E-state index is 11.4. The number of aliphatic hydroxyl groups is 1. The first-order chi connectivity index (χ1) is 10.2. The highest BCUT2D eigenvalue weighted by Gasteiger charge is 2.38. The molecule has 4 rings (SSSR count). The molecule has 0 spiro atoms. The Morgan fingerprint density at radius 2 is 2.00 bits per heavy atom. The normalized spacial score (nSPS) is 22.4. The minimum atomic E-state index is -0.929. The van der Waals surface area contributed by atoms with Crippen LogP contribution in [0.3, 0.4) is 0 Å². The van der Waals surface area contributed by atoms with Crippen molar-refractivity contribution in [2.75, 3.05) is 13.6 Å². The topological polar surface area (TPSA) is 23.5 Å². The molecule has 1 aliphatic rings. The van der Waals surface area contributed by atoms with Crippen LogP contribution in [0.5, 0.6) is 0 Å². The summed E-state index contributed by atoms with van der Waals surface area (Å²) in [5.41, 5.74) is 2.30. The van der Waals surface area contributed by atoms with E-state index in [0.717, 1.165) is 17.7 Å². The summed E-state index contributed by atoms with van der Waals surface area (Å²) in [5.74, 6) is 0. The van der Waals surface area contributed by atoms with Gasteiger partial charge >= 0.3 is 0 Å². The fourth-order valence-electron chi connectivity index (χ4n) is 3.34. The van der Waals surface area contributed by atoms with Crippen LogP contribution in [-0.2, 0) is 12.1 Å². The van der Waals surface area contributed by atoms with Crippen LogP contribution in [0.2, 0.25) is 0 Å². The molecule has 2 aromatic carbocycles. The van der Waals surface area contributed by atoms with Gasteiger partial charge in [-0.1, -0.05) is 36.4 Å². The van der Waals surface area contributed by atoms with E-state index in [9.17, 15) is 5.11 Å². The lowest BCUT2D eigenvalue weighted by Crippen LogP contribution is -2.44. The highest BCUT2D eigenvalue weighted by molar-refractivity contribution is 7.17. The van der Waals surface area contributed by atoms with E-state index in [0.29, 0.717) is 6.54 Å². The van der Waals surface area contributed by atoms with Crippen molar-refractivity contribution in [3.63, 3.8) is 0 Å². The summed E-state index contributed by atoms with van der Waals surface area (Å²) >= 11 is 1.72. The Bertz CT molecular complexity index is 810. The van der Waals surface area contributed by atoms with Crippen LogP contribution in [0.4, 0.5) is 0 Å². The Labute approximate surface area is 128 Å². The van der Waals surface area contributed by atoms with Crippen LogP contribution in [0.1, 0.15) is 16.7 Å². The van der Waals surface area contributed by atoms with E-state index in [4.69, 9.17) is 0 Å². The molecule has 21 heavy (non-hydrogen) atoms. The molecule has 0 fully saturated rings. The van der Waals surface area contributed by atoms with Crippen molar-refractivity contribution >= 4 is 21.4 Å². The molecule has 3 heteroatoms. The Morgan fingerprint density at radius 3 is 2.90 bits per heavy atom. The van der Waals surface area contributed by atoms with Gasteiger partial charge in [0.1, 0.15) is 5.60 Å². The molecule has 0 aliphatic carbocycles. The minimum Gasteiger partial charge on any atom is -0.379 e. The Balaban J connectivity index is 1.92. The summed E-state index contributed by atoms with van der Waals surface area (Å²) in [7, 11) is 2.06. The maximum Gasteiger partial charge on any atom is 0.128 e. The van der Waals surface area contributed by atoms with E-state index < -0.39 is 5.60 Å². The molecule has 0 radical (unpaired) electrons. The van der Waals surface area contributed by atoms with Gasteiger partial charge in [-0.2, -0.15) is 0 Å². The van der Waals surface area contributed by atoms with Crippen molar-refractivity contribution in [3.8, 4) is 0 Å². The van der Waals surface area contributed by atoms with Gasteiger partial charge in [0, 0.05) is 17.8 Å². The Hall–Kier alpha value is -1.68. The number of benzene rings is 2. The maximum atomic E-state index is 11.4. The zero-order chi connectivity index (χ0) is 14.4. The standard InChI is InChI=1S/C18H17NOS/c1-19-11-14-4-2-3-5-16(14)18(20,12-19)15-7-6-13-8-9-21-17(13)10-15/h2-10,20H,11-12H2,1H3. The quantitative estimate of drug-likeness (QED) is 0.741. The highest BCUT2D eigenvalue weighted by atomic mass is 32.1. The summed E-state index contributed by atoms with van der Waals surface area (Å²) in [6.45, 7) is 1.51. The average Bonchev–Trinajstić information content (AvgIpc) is 2.94. The second kappa shape index (κ2) is 4.67. The largest absolute Gasteiger partial charge is 0.379 e. The van der Waals surface area contributed by atoms with Crippen molar-refractivity contribution in [1.82, 2.24) is 4.90 Å². The Morgan fingerprint density at radius 1 is 1.14 bits per heavy atom. The van der Waals surface area contributed by atoms with Crippen molar-refractivity contribution in [1.29, 1.82) is 0 Å². The molecule has 0 saturated carbocycles. The van der Waals surface area contributed by atoms with Crippen molar-refractivity contribution in [3.05, 3.63) is 70.6 Å². The number of hydrogen-bond acceptors (Lipinski definition) is 3. The number of hydrogen-bond donors (Lipinski definition) is 1. The molecular weight excluding hydrogens is 278 g/mol. The molecule has 0 bridgehead atoms. The van der Waals surface area contributed by atoms with Crippen molar-refractivity contribution < 1.29 is 5.11 Å². The number of rotatable bonds is 1. The molecule has 0 saturated heterocycles. The van der Waals surface area contributed by atoms with Crippen LogP contribution in [0, 0.1) is 0 Å².